The number of fused-ring (bicyclic) bond motifs is 1. The fraction of sp³-hybridized carbons (Fsp3) is 0.476. The van der Waals surface area contributed by atoms with Crippen LogP contribution in [-0.2, 0) is 24.1 Å². The molecule has 1 aromatic carbocycles. The van der Waals surface area contributed by atoms with E-state index < -0.39 is 0 Å². The van der Waals surface area contributed by atoms with Crippen LogP contribution >= 0.6 is 0 Å². The molecular formula is C21H25N3O3. The van der Waals surface area contributed by atoms with Gasteiger partial charge in [-0.05, 0) is 31.2 Å². The summed E-state index contributed by atoms with van der Waals surface area (Å²) in [6.45, 7) is 0. The molecule has 2 aliphatic carbocycles. The molecule has 142 valence electrons. The molecule has 1 aromatic heterocycles. The van der Waals surface area contributed by atoms with Crippen LogP contribution in [0, 0.1) is 0 Å². The van der Waals surface area contributed by atoms with E-state index in [-0.39, 0.29) is 23.9 Å². The first-order chi connectivity index (χ1) is 13.2. The second kappa shape index (κ2) is 7.94. The van der Waals surface area contributed by atoms with Gasteiger partial charge in [0.15, 0.2) is 5.69 Å². The van der Waals surface area contributed by atoms with Gasteiger partial charge in [0, 0.05) is 24.1 Å². The second-order valence-corrected chi connectivity index (χ2v) is 7.56. The number of aryl methyl sites for hydroxylation is 1. The lowest BCUT2D eigenvalue weighted by Gasteiger charge is -2.22. The summed E-state index contributed by atoms with van der Waals surface area (Å²) in [7, 11) is 0. The highest BCUT2D eigenvalue weighted by molar-refractivity contribution is 5.94. The number of amides is 2. The Kier molecular flexibility index (Phi) is 5.23. The van der Waals surface area contributed by atoms with Crippen LogP contribution in [-0.4, -0.2) is 29.1 Å². The molecule has 0 aliphatic heterocycles. The lowest BCUT2D eigenvalue weighted by atomic mass is 9.91. The molecule has 1 fully saturated rings. The van der Waals surface area contributed by atoms with Crippen molar-refractivity contribution in [3.8, 4) is 0 Å². The van der Waals surface area contributed by atoms with Gasteiger partial charge in [0.25, 0.3) is 5.91 Å². The van der Waals surface area contributed by atoms with Gasteiger partial charge in [-0.3, -0.25) is 9.59 Å². The predicted molar refractivity (Wildman–Crippen MR) is 100 cm³/mol. The van der Waals surface area contributed by atoms with Crippen molar-refractivity contribution in [3.05, 3.63) is 52.9 Å². The van der Waals surface area contributed by atoms with Crippen LogP contribution in [0.2, 0.25) is 0 Å². The third-order valence-corrected chi connectivity index (χ3v) is 5.52. The Balaban J connectivity index is 1.38. The first-order valence-electron chi connectivity index (χ1n) is 9.80. The van der Waals surface area contributed by atoms with Crippen LogP contribution in [0.3, 0.4) is 0 Å². The average molecular weight is 367 g/mol. The molecule has 0 bridgehead atoms. The summed E-state index contributed by atoms with van der Waals surface area (Å²) in [5.41, 5.74) is 2.23. The number of hydrogen-bond acceptors (Lipinski definition) is 4. The number of hydrogen-bond donors (Lipinski definition) is 2. The standard InChI is InChI=1S/C21H25N3O3/c25-19(12-14-6-2-1-3-7-14)22-16-10-11-18-17(13-16)20(24-27-18)21(26)23-15-8-4-5-9-15/h1-3,6-7,15-16H,4-5,8-13H2,(H,22,25)(H,23,26). The Morgan fingerprint density at radius 1 is 1.04 bits per heavy atom. The molecule has 1 saturated carbocycles. The molecule has 6 nitrogen and oxygen atoms in total. The lowest BCUT2D eigenvalue weighted by Crippen LogP contribution is -2.40. The van der Waals surface area contributed by atoms with Crippen molar-refractivity contribution in [1.29, 1.82) is 0 Å². The van der Waals surface area contributed by atoms with Gasteiger partial charge < -0.3 is 15.2 Å². The first-order valence-corrected chi connectivity index (χ1v) is 9.80. The Hall–Kier alpha value is -2.63. The van der Waals surface area contributed by atoms with Crippen molar-refractivity contribution >= 4 is 11.8 Å². The van der Waals surface area contributed by atoms with Crippen molar-refractivity contribution in [1.82, 2.24) is 15.8 Å². The van der Waals surface area contributed by atoms with Crippen molar-refractivity contribution in [3.63, 3.8) is 0 Å². The molecule has 2 aromatic rings. The van der Waals surface area contributed by atoms with E-state index in [2.05, 4.69) is 15.8 Å². The van der Waals surface area contributed by atoms with Gasteiger partial charge in [0.05, 0.1) is 6.42 Å². The van der Waals surface area contributed by atoms with Crippen LogP contribution in [0.4, 0.5) is 0 Å². The van der Waals surface area contributed by atoms with Crippen LogP contribution in [0.15, 0.2) is 34.9 Å². The summed E-state index contributed by atoms with van der Waals surface area (Å²) >= 11 is 0. The van der Waals surface area contributed by atoms with Gasteiger partial charge in [0.1, 0.15) is 5.76 Å². The quantitative estimate of drug-likeness (QED) is 0.851. The molecule has 27 heavy (non-hydrogen) atoms. The number of nitrogens with one attached hydrogen (secondary N) is 2. The number of carbonyl (C=O) groups is 2. The maximum Gasteiger partial charge on any atom is 0.273 e. The van der Waals surface area contributed by atoms with E-state index in [1.54, 1.807) is 0 Å². The Labute approximate surface area is 158 Å². The minimum atomic E-state index is -0.150. The topological polar surface area (TPSA) is 84.2 Å². The molecule has 0 radical (unpaired) electrons. The lowest BCUT2D eigenvalue weighted by molar-refractivity contribution is -0.121. The van der Waals surface area contributed by atoms with E-state index >= 15 is 0 Å². The van der Waals surface area contributed by atoms with Crippen LogP contribution < -0.4 is 10.6 Å². The van der Waals surface area contributed by atoms with E-state index in [4.69, 9.17) is 4.52 Å². The minimum Gasteiger partial charge on any atom is -0.360 e. The van der Waals surface area contributed by atoms with Gasteiger partial charge >= 0.3 is 0 Å². The minimum absolute atomic E-state index is 0.00283. The molecule has 2 amide bonds. The molecule has 1 heterocycles. The van der Waals surface area contributed by atoms with Crippen molar-refractivity contribution < 1.29 is 14.1 Å². The molecule has 2 aliphatic rings. The van der Waals surface area contributed by atoms with E-state index in [9.17, 15) is 9.59 Å². The third-order valence-electron chi connectivity index (χ3n) is 5.52. The fourth-order valence-electron chi connectivity index (χ4n) is 4.09. The van der Waals surface area contributed by atoms with Crippen LogP contribution in [0.1, 0.15) is 59.5 Å². The molecule has 4 rings (SSSR count). The Morgan fingerprint density at radius 2 is 1.81 bits per heavy atom. The second-order valence-electron chi connectivity index (χ2n) is 7.56. The zero-order chi connectivity index (χ0) is 18.6. The van der Waals surface area contributed by atoms with E-state index in [0.29, 0.717) is 25.0 Å². The van der Waals surface area contributed by atoms with E-state index in [1.807, 2.05) is 30.3 Å². The predicted octanol–water partition coefficient (Wildman–Crippen LogP) is 2.56. The number of rotatable bonds is 5. The average Bonchev–Trinajstić information content (AvgIpc) is 3.31. The maximum atomic E-state index is 12.6. The SMILES string of the molecule is O=C(Cc1ccccc1)NC1CCc2onc(C(=O)NC3CCCC3)c2C1. The van der Waals surface area contributed by atoms with Gasteiger partial charge in [-0.2, -0.15) is 0 Å². The number of benzene rings is 1. The smallest absolute Gasteiger partial charge is 0.273 e. The molecule has 0 saturated heterocycles. The van der Waals surface area contributed by atoms with Gasteiger partial charge in [-0.25, -0.2) is 0 Å². The summed E-state index contributed by atoms with van der Waals surface area (Å²) in [4.78, 5) is 24.9. The summed E-state index contributed by atoms with van der Waals surface area (Å²) in [6.07, 6.45) is 6.83. The Bertz CT molecular complexity index is 809. The van der Waals surface area contributed by atoms with Crippen molar-refractivity contribution in [2.45, 2.75) is 63.5 Å². The normalized spacial score (nSPS) is 19.5. The van der Waals surface area contributed by atoms with Gasteiger partial charge in [-0.15, -0.1) is 0 Å². The molecular weight excluding hydrogens is 342 g/mol. The first kappa shape index (κ1) is 17.8. The molecule has 1 unspecified atom stereocenters. The highest BCUT2D eigenvalue weighted by atomic mass is 16.5. The largest absolute Gasteiger partial charge is 0.360 e. The Morgan fingerprint density at radius 3 is 2.59 bits per heavy atom. The van der Waals surface area contributed by atoms with E-state index in [1.165, 1.54) is 0 Å². The monoisotopic (exact) mass is 367 g/mol. The number of carbonyl (C=O) groups excluding carboxylic acids is 2. The van der Waals surface area contributed by atoms with Gasteiger partial charge in [0.2, 0.25) is 5.91 Å². The molecule has 6 heteroatoms. The highest BCUT2D eigenvalue weighted by Gasteiger charge is 2.30. The highest BCUT2D eigenvalue weighted by Crippen LogP contribution is 2.25. The summed E-state index contributed by atoms with van der Waals surface area (Å²) < 4.78 is 5.40. The zero-order valence-corrected chi connectivity index (χ0v) is 15.4. The number of aromatic nitrogens is 1. The summed E-state index contributed by atoms with van der Waals surface area (Å²) in [5.74, 6) is 0.631. The zero-order valence-electron chi connectivity index (χ0n) is 15.4. The van der Waals surface area contributed by atoms with Crippen molar-refractivity contribution in [2.75, 3.05) is 0 Å². The third kappa shape index (κ3) is 4.21. The summed E-state index contributed by atoms with van der Waals surface area (Å²) in [6, 6.07) is 9.95. The maximum absolute atomic E-state index is 12.6. The van der Waals surface area contributed by atoms with Crippen LogP contribution in [0.5, 0.6) is 0 Å². The van der Waals surface area contributed by atoms with Crippen LogP contribution in [0.25, 0.3) is 0 Å². The molecule has 2 N–H and O–H groups in total. The molecule has 0 spiro atoms. The summed E-state index contributed by atoms with van der Waals surface area (Å²) in [5, 5.41) is 10.2. The van der Waals surface area contributed by atoms with Crippen molar-refractivity contribution in [2.24, 2.45) is 0 Å². The fourth-order valence-corrected chi connectivity index (χ4v) is 4.09. The van der Waals surface area contributed by atoms with E-state index in [0.717, 1.165) is 49.0 Å². The van der Waals surface area contributed by atoms with Gasteiger partial charge in [-0.1, -0.05) is 48.3 Å². The number of nitrogens with zero attached hydrogens (tertiary/aromatic N) is 1. The molecule has 1 atom stereocenters.